The minimum atomic E-state index is -0.326. The average Bonchev–Trinajstić information content (AvgIpc) is 2.84. The van der Waals surface area contributed by atoms with Crippen molar-refractivity contribution in [3.63, 3.8) is 0 Å². The van der Waals surface area contributed by atoms with Gasteiger partial charge in [-0.15, -0.1) is 0 Å². The zero-order chi connectivity index (χ0) is 19.4. The van der Waals surface area contributed by atoms with Crippen LogP contribution in [0.25, 0.3) is 0 Å². The maximum atomic E-state index is 11.7. The summed E-state index contributed by atoms with van der Waals surface area (Å²) < 4.78 is 11.3. The van der Waals surface area contributed by atoms with Gasteiger partial charge in [0.15, 0.2) is 0 Å². The molecule has 148 valence electrons. The van der Waals surface area contributed by atoms with Crippen LogP contribution in [0.1, 0.15) is 72.6 Å². The second-order valence-electron chi connectivity index (χ2n) is 9.54. The van der Waals surface area contributed by atoms with Gasteiger partial charge in [-0.3, -0.25) is 9.59 Å². The molecule has 0 saturated heterocycles. The first-order valence-electron chi connectivity index (χ1n) is 10.5. The van der Waals surface area contributed by atoms with Crippen molar-refractivity contribution < 1.29 is 19.1 Å². The van der Waals surface area contributed by atoms with E-state index in [1.165, 1.54) is 25.8 Å². The Morgan fingerprint density at radius 2 is 1.81 bits per heavy atom. The average molecular weight is 373 g/mol. The van der Waals surface area contributed by atoms with Crippen LogP contribution in [-0.2, 0) is 19.1 Å². The summed E-state index contributed by atoms with van der Waals surface area (Å²) in [5, 5.41) is 0. The number of hydrogen-bond donors (Lipinski definition) is 0. The molecule has 4 aliphatic carbocycles. The van der Waals surface area contributed by atoms with Gasteiger partial charge in [-0.2, -0.15) is 0 Å². The first-order chi connectivity index (χ1) is 12.7. The largest absolute Gasteiger partial charge is 0.459 e. The summed E-state index contributed by atoms with van der Waals surface area (Å²) in [6.45, 7) is 7.54. The molecule has 27 heavy (non-hydrogen) atoms. The molecule has 0 aliphatic heterocycles. The van der Waals surface area contributed by atoms with Gasteiger partial charge in [0, 0.05) is 25.7 Å². The van der Waals surface area contributed by atoms with Crippen LogP contribution in [0.4, 0.5) is 0 Å². The van der Waals surface area contributed by atoms with E-state index in [-0.39, 0.29) is 23.0 Å². The number of carbonyl (C=O) groups excluding carboxylic acids is 2. The molecule has 0 unspecified atom stereocenters. The lowest BCUT2D eigenvalue weighted by Gasteiger charge is -2.54. The highest BCUT2D eigenvalue weighted by Gasteiger charge is 2.62. The van der Waals surface area contributed by atoms with Crippen LogP contribution in [0.2, 0.25) is 0 Å². The van der Waals surface area contributed by atoms with Gasteiger partial charge >= 0.3 is 11.9 Å². The molecular weight excluding hydrogens is 340 g/mol. The van der Waals surface area contributed by atoms with E-state index in [0.29, 0.717) is 23.7 Å². The summed E-state index contributed by atoms with van der Waals surface area (Å²) in [7, 11) is 0. The quantitative estimate of drug-likeness (QED) is 0.644. The number of allylic oxidation sites excluding steroid dienone is 4. The summed E-state index contributed by atoms with van der Waals surface area (Å²) in [5.41, 5.74) is 1.13. The van der Waals surface area contributed by atoms with Crippen molar-refractivity contribution in [2.24, 2.45) is 29.1 Å². The van der Waals surface area contributed by atoms with E-state index in [0.717, 1.165) is 44.3 Å². The molecule has 0 N–H and O–H groups in total. The molecule has 4 nitrogen and oxygen atoms in total. The Balaban J connectivity index is 1.58. The fourth-order valence-corrected chi connectivity index (χ4v) is 6.90. The third-order valence-corrected chi connectivity index (χ3v) is 8.27. The number of fused-ring (bicyclic) bond motifs is 5. The smallest absolute Gasteiger partial charge is 0.307 e. The summed E-state index contributed by atoms with van der Waals surface area (Å²) in [5.74, 6) is 3.05. The monoisotopic (exact) mass is 372 g/mol. The highest BCUT2D eigenvalue weighted by Crippen LogP contribution is 2.65. The Morgan fingerprint density at radius 3 is 2.52 bits per heavy atom. The maximum absolute atomic E-state index is 11.7. The highest BCUT2D eigenvalue weighted by atomic mass is 16.6. The molecule has 0 aromatic carbocycles. The summed E-state index contributed by atoms with van der Waals surface area (Å²) in [6, 6.07) is 0. The van der Waals surface area contributed by atoms with Crippen LogP contribution in [0.15, 0.2) is 23.5 Å². The van der Waals surface area contributed by atoms with Crippen LogP contribution < -0.4 is 0 Å². The van der Waals surface area contributed by atoms with Crippen LogP contribution in [0.5, 0.6) is 0 Å². The van der Waals surface area contributed by atoms with Crippen molar-refractivity contribution in [3.05, 3.63) is 23.5 Å². The van der Waals surface area contributed by atoms with Crippen LogP contribution in [0.3, 0.4) is 0 Å². The SMILES string of the molecule is CC(=O)OC1=CC2=CC[C@@H]3[C@H](CC[C@@]4(C)[C@H]3CC[C@]4(C)OC(C)=O)[C@@H]2CC1. The topological polar surface area (TPSA) is 52.6 Å². The molecule has 0 aromatic rings. The third-order valence-electron chi connectivity index (χ3n) is 8.27. The summed E-state index contributed by atoms with van der Waals surface area (Å²) in [6.07, 6.45) is 12.0. The number of carbonyl (C=O) groups is 2. The molecule has 6 atom stereocenters. The summed E-state index contributed by atoms with van der Waals surface area (Å²) >= 11 is 0. The van der Waals surface area contributed by atoms with Crippen molar-refractivity contribution in [1.82, 2.24) is 0 Å². The van der Waals surface area contributed by atoms with Gasteiger partial charge in [0.2, 0.25) is 0 Å². The van der Waals surface area contributed by atoms with E-state index in [4.69, 9.17) is 9.47 Å². The van der Waals surface area contributed by atoms with E-state index >= 15 is 0 Å². The Labute approximate surface area is 162 Å². The Bertz CT molecular complexity index is 720. The molecule has 4 rings (SSSR count). The molecule has 0 radical (unpaired) electrons. The van der Waals surface area contributed by atoms with E-state index in [9.17, 15) is 9.59 Å². The van der Waals surface area contributed by atoms with Crippen molar-refractivity contribution in [2.75, 3.05) is 0 Å². The molecule has 0 aromatic heterocycles. The van der Waals surface area contributed by atoms with Gasteiger partial charge in [-0.25, -0.2) is 0 Å². The normalized spacial score (nSPS) is 42.8. The fourth-order valence-electron chi connectivity index (χ4n) is 6.90. The zero-order valence-corrected chi connectivity index (χ0v) is 17.0. The first-order valence-corrected chi connectivity index (χ1v) is 10.5. The second kappa shape index (κ2) is 6.49. The molecule has 4 heteroatoms. The van der Waals surface area contributed by atoms with E-state index in [1.807, 2.05) is 0 Å². The highest BCUT2D eigenvalue weighted by molar-refractivity contribution is 5.67. The van der Waals surface area contributed by atoms with Gasteiger partial charge in [0.25, 0.3) is 0 Å². The molecule has 0 heterocycles. The predicted molar refractivity (Wildman–Crippen MR) is 102 cm³/mol. The molecule has 0 bridgehead atoms. The predicted octanol–water partition coefficient (Wildman–Crippen LogP) is 4.94. The molecule has 2 fully saturated rings. The molecule has 2 saturated carbocycles. The number of ether oxygens (including phenoxy) is 2. The van der Waals surface area contributed by atoms with Crippen molar-refractivity contribution in [3.8, 4) is 0 Å². The van der Waals surface area contributed by atoms with Crippen molar-refractivity contribution in [2.45, 2.75) is 78.2 Å². The van der Waals surface area contributed by atoms with E-state index in [2.05, 4.69) is 26.0 Å². The number of esters is 2. The van der Waals surface area contributed by atoms with Gasteiger partial charge in [-0.05, 0) is 80.8 Å². The lowest BCUT2D eigenvalue weighted by atomic mass is 9.51. The number of hydrogen-bond acceptors (Lipinski definition) is 4. The van der Waals surface area contributed by atoms with E-state index < -0.39 is 0 Å². The second-order valence-corrected chi connectivity index (χ2v) is 9.54. The first kappa shape index (κ1) is 18.8. The standard InChI is InChI=1S/C23H32O4/c1-14(24)26-17-6-8-18-16(13-17)5-7-20-19(18)9-11-22(3)21(20)10-12-23(22,4)27-15(2)25/h5,13,18-21H,6-12H2,1-4H3/t18-,19-,20-,21+,22+,23+/m1/s1. The minimum Gasteiger partial charge on any atom is -0.459 e. The lowest BCUT2D eigenvalue weighted by molar-refractivity contribution is -0.175. The van der Waals surface area contributed by atoms with Gasteiger partial charge in [0.1, 0.15) is 11.4 Å². The fraction of sp³-hybridized carbons (Fsp3) is 0.739. The Morgan fingerprint density at radius 1 is 1.04 bits per heavy atom. The zero-order valence-electron chi connectivity index (χ0n) is 17.0. The maximum Gasteiger partial charge on any atom is 0.307 e. The van der Waals surface area contributed by atoms with Crippen LogP contribution in [0, 0.1) is 29.1 Å². The molecule has 4 aliphatic rings. The van der Waals surface area contributed by atoms with Crippen molar-refractivity contribution >= 4 is 11.9 Å². The Kier molecular flexibility index (Phi) is 4.51. The minimum absolute atomic E-state index is 0.0819. The Hall–Kier alpha value is -1.58. The van der Waals surface area contributed by atoms with Gasteiger partial charge in [0.05, 0.1) is 0 Å². The summed E-state index contributed by atoms with van der Waals surface area (Å²) in [4.78, 5) is 23.0. The molecule has 0 amide bonds. The van der Waals surface area contributed by atoms with Crippen LogP contribution >= 0.6 is 0 Å². The lowest BCUT2D eigenvalue weighted by Crippen LogP contribution is -2.52. The molecular formula is C23H32O4. The third kappa shape index (κ3) is 2.96. The van der Waals surface area contributed by atoms with Gasteiger partial charge in [-0.1, -0.05) is 13.0 Å². The molecule has 0 spiro atoms. The van der Waals surface area contributed by atoms with Gasteiger partial charge < -0.3 is 9.47 Å². The van der Waals surface area contributed by atoms with E-state index in [1.54, 1.807) is 0 Å². The number of rotatable bonds is 2. The van der Waals surface area contributed by atoms with Crippen molar-refractivity contribution in [1.29, 1.82) is 0 Å². The van der Waals surface area contributed by atoms with Crippen LogP contribution in [-0.4, -0.2) is 17.5 Å².